The van der Waals surface area contributed by atoms with Crippen LogP contribution in [0.25, 0.3) is 0 Å². The van der Waals surface area contributed by atoms with Crippen LogP contribution in [0.2, 0.25) is 0 Å². The second kappa shape index (κ2) is 6.95. The fraction of sp³-hybridized carbons (Fsp3) is 0.833. The molecule has 1 heterocycles. The number of nitrogens with one attached hydrogen (secondary N) is 1. The summed E-state index contributed by atoms with van der Waals surface area (Å²) in [5, 5.41) is 8.55. The fourth-order valence-corrected chi connectivity index (χ4v) is 4.03. The molecule has 3 heteroatoms. The Morgan fingerprint density at radius 3 is 2.71 bits per heavy atom. The number of hydrogen-bond donors (Lipinski definition) is 1. The van der Waals surface area contributed by atoms with Gasteiger partial charge in [0.1, 0.15) is 0 Å². The third kappa shape index (κ3) is 3.68. The molecule has 21 heavy (non-hydrogen) atoms. The molecule has 0 radical (unpaired) electrons. The van der Waals surface area contributed by atoms with Crippen LogP contribution in [-0.2, 0) is 6.42 Å². The van der Waals surface area contributed by atoms with E-state index in [1.165, 1.54) is 76.4 Å². The standard InChI is InChI=1S/C18H31N3/c1-2-12-19-15-18(10-6-11-18)14-16-9-13-21(20-16)17-7-4-3-5-8-17/h9,13,17,19H,2-8,10-12,14-15H2,1H3. The second-order valence-electron chi connectivity index (χ2n) is 7.29. The molecule has 2 aliphatic rings. The molecule has 2 fully saturated rings. The summed E-state index contributed by atoms with van der Waals surface area (Å²) in [6.07, 6.45) is 15.6. The Labute approximate surface area is 129 Å². The summed E-state index contributed by atoms with van der Waals surface area (Å²) in [6.45, 7) is 4.57. The maximum Gasteiger partial charge on any atom is 0.0630 e. The van der Waals surface area contributed by atoms with E-state index in [2.05, 4.69) is 29.2 Å². The van der Waals surface area contributed by atoms with Crippen molar-refractivity contribution in [2.24, 2.45) is 5.41 Å². The van der Waals surface area contributed by atoms with Crippen molar-refractivity contribution in [3.05, 3.63) is 18.0 Å². The van der Waals surface area contributed by atoms with E-state index in [4.69, 9.17) is 5.10 Å². The third-order valence-corrected chi connectivity index (χ3v) is 5.51. The summed E-state index contributed by atoms with van der Waals surface area (Å²) in [5.74, 6) is 0. The molecule has 1 aromatic heterocycles. The van der Waals surface area contributed by atoms with Gasteiger partial charge in [-0.3, -0.25) is 4.68 Å². The average molecular weight is 289 g/mol. The Hall–Kier alpha value is -0.830. The molecule has 118 valence electrons. The van der Waals surface area contributed by atoms with Crippen LogP contribution in [0.3, 0.4) is 0 Å². The Morgan fingerprint density at radius 1 is 1.24 bits per heavy atom. The fourth-order valence-electron chi connectivity index (χ4n) is 4.03. The van der Waals surface area contributed by atoms with Crippen molar-refractivity contribution in [2.45, 2.75) is 77.2 Å². The lowest BCUT2D eigenvalue weighted by molar-refractivity contribution is 0.128. The smallest absolute Gasteiger partial charge is 0.0630 e. The highest BCUT2D eigenvalue weighted by atomic mass is 15.3. The normalized spacial score (nSPS) is 22.1. The van der Waals surface area contributed by atoms with Crippen LogP contribution in [0.4, 0.5) is 0 Å². The molecule has 2 saturated carbocycles. The molecular formula is C18H31N3. The molecule has 0 amide bonds. The summed E-state index contributed by atoms with van der Waals surface area (Å²) in [6, 6.07) is 2.94. The Bertz CT molecular complexity index is 427. The Morgan fingerprint density at radius 2 is 2.05 bits per heavy atom. The summed E-state index contributed by atoms with van der Waals surface area (Å²) in [7, 11) is 0. The molecule has 3 nitrogen and oxygen atoms in total. The van der Waals surface area contributed by atoms with Crippen LogP contribution >= 0.6 is 0 Å². The van der Waals surface area contributed by atoms with Crippen molar-refractivity contribution in [1.29, 1.82) is 0 Å². The predicted molar refractivity (Wildman–Crippen MR) is 87.5 cm³/mol. The van der Waals surface area contributed by atoms with Gasteiger partial charge in [-0.2, -0.15) is 5.10 Å². The lowest BCUT2D eigenvalue weighted by Crippen LogP contribution is -2.42. The molecule has 0 unspecified atom stereocenters. The van der Waals surface area contributed by atoms with Crippen molar-refractivity contribution in [3.63, 3.8) is 0 Å². The highest BCUT2D eigenvalue weighted by Gasteiger charge is 2.37. The minimum atomic E-state index is 0.501. The van der Waals surface area contributed by atoms with Gasteiger partial charge >= 0.3 is 0 Å². The maximum atomic E-state index is 4.92. The van der Waals surface area contributed by atoms with Crippen molar-refractivity contribution in [1.82, 2.24) is 15.1 Å². The van der Waals surface area contributed by atoms with Crippen LogP contribution in [0.1, 0.15) is 76.4 Å². The van der Waals surface area contributed by atoms with Gasteiger partial charge < -0.3 is 5.32 Å². The van der Waals surface area contributed by atoms with E-state index in [1.54, 1.807) is 0 Å². The quantitative estimate of drug-likeness (QED) is 0.766. The molecule has 0 bridgehead atoms. The van der Waals surface area contributed by atoms with Gasteiger partial charge in [0.2, 0.25) is 0 Å². The van der Waals surface area contributed by atoms with E-state index in [1.807, 2.05) is 0 Å². The van der Waals surface area contributed by atoms with Gasteiger partial charge in [0.05, 0.1) is 11.7 Å². The van der Waals surface area contributed by atoms with Gasteiger partial charge in [-0.1, -0.05) is 32.6 Å². The first-order valence-corrected chi connectivity index (χ1v) is 9.06. The summed E-state index contributed by atoms with van der Waals surface area (Å²) >= 11 is 0. The number of aromatic nitrogens is 2. The molecule has 0 aromatic carbocycles. The molecule has 1 aromatic rings. The summed E-state index contributed by atoms with van der Waals surface area (Å²) in [5.41, 5.74) is 1.82. The molecule has 0 saturated heterocycles. The molecule has 0 aliphatic heterocycles. The number of rotatable bonds is 7. The van der Waals surface area contributed by atoms with E-state index >= 15 is 0 Å². The van der Waals surface area contributed by atoms with E-state index < -0.39 is 0 Å². The van der Waals surface area contributed by atoms with Crippen LogP contribution in [0.15, 0.2) is 12.3 Å². The van der Waals surface area contributed by atoms with E-state index in [0.717, 1.165) is 6.54 Å². The first-order chi connectivity index (χ1) is 10.3. The van der Waals surface area contributed by atoms with Gasteiger partial charge in [0, 0.05) is 12.7 Å². The van der Waals surface area contributed by atoms with Crippen LogP contribution < -0.4 is 5.32 Å². The number of hydrogen-bond acceptors (Lipinski definition) is 2. The zero-order valence-corrected chi connectivity index (χ0v) is 13.6. The molecule has 0 atom stereocenters. The van der Waals surface area contributed by atoms with Crippen molar-refractivity contribution < 1.29 is 0 Å². The van der Waals surface area contributed by atoms with Crippen molar-refractivity contribution in [3.8, 4) is 0 Å². The zero-order chi connectivity index (χ0) is 14.5. The van der Waals surface area contributed by atoms with Crippen LogP contribution in [-0.4, -0.2) is 22.9 Å². The largest absolute Gasteiger partial charge is 0.316 e. The monoisotopic (exact) mass is 289 g/mol. The average Bonchev–Trinajstić information content (AvgIpc) is 2.94. The maximum absolute atomic E-state index is 4.92. The van der Waals surface area contributed by atoms with Crippen LogP contribution in [0.5, 0.6) is 0 Å². The van der Waals surface area contributed by atoms with Gasteiger partial charge in [-0.05, 0) is 56.6 Å². The Kier molecular flexibility index (Phi) is 4.99. The van der Waals surface area contributed by atoms with Gasteiger partial charge in [0.15, 0.2) is 0 Å². The number of nitrogens with zero attached hydrogens (tertiary/aromatic N) is 2. The highest BCUT2D eigenvalue weighted by Crippen LogP contribution is 2.43. The van der Waals surface area contributed by atoms with Gasteiger partial charge in [-0.25, -0.2) is 0 Å². The zero-order valence-electron chi connectivity index (χ0n) is 13.6. The van der Waals surface area contributed by atoms with Crippen molar-refractivity contribution in [2.75, 3.05) is 13.1 Å². The minimum Gasteiger partial charge on any atom is -0.316 e. The SMILES string of the molecule is CCCNCC1(Cc2ccn(C3CCCCC3)n2)CCC1. The lowest BCUT2D eigenvalue weighted by Gasteiger charge is -2.42. The first kappa shape index (κ1) is 15.1. The van der Waals surface area contributed by atoms with Crippen molar-refractivity contribution >= 4 is 0 Å². The lowest BCUT2D eigenvalue weighted by atomic mass is 9.66. The molecule has 1 N–H and O–H groups in total. The van der Waals surface area contributed by atoms with Gasteiger partial charge in [0.25, 0.3) is 0 Å². The van der Waals surface area contributed by atoms with Crippen LogP contribution in [0, 0.1) is 5.41 Å². The molecular weight excluding hydrogens is 258 g/mol. The molecule has 0 spiro atoms. The molecule has 2 aliphatic carbocycles. The summed E-state index contributed by atoms with van der Waals surface area (Å²) < 4.78 is 2.26. The molecule has 3 rings (SSSR count). The van der Waals surface area contributed by atoms with Gasteiger partial charge in [-0.15, -0.1) is 0 Å². The van der Waals surface area contributed by atoms with E-state index in [-0.39, 0.29) is 0 Å². The predicted octanol–water partition coefficient (Wildman–Crippen LogP) is 4.10. The summed E-state index contributed by atoms with van der Waals surface area (Å²) in [4.78, 5) is 0. The first-order valence-electron chi connectivity index (χ1n) is 9.06. The minimum absolute atomic E-state index is 0.501. The Balaban J connectivity index is 1.57. The third-order valence-electron chi connectivity index (χ3n) is 5.51. The second-order valence-corrected chi connectivity index (χ2v) is 7.29. The highest BCUT2D eigenvalue weighted by molar-refractivity contribution is 5.07. The topological polar surface area (TPSA) is 29.9 Å². The van der Waals surface area contributed by atoms with E-state index in [0.29, 0.717) is 11.5 Å². The van der Waals surface area contributed by atoms with E-state index in [9.17, 15) is 0 Å².